The number of carbonyl (C=O) groups is 1. The summed E-state index contributed by atoms with van der Waals surface area (Å²) in [5.41, 5.74) is 2.30. The lowest BCUT2D eigenvalue weighted by Crippen LogP contribution is -2.34. The average molecular weight is 414 g/mol. The molecule has 2 aromatic carbocycles. The molecule has 1 fully saturated rings. The number of cyclic esters (lactones) is 1. The van der Waals surface area contributed by atoms with Gasteiger partial charge >= 0.3 is 5.97 Å². The Balaban J connectivity index is 1.74. The highest BCUT2D eigenvalue weighted by molar-refractivity contribution is 5.79. The van der Waals surface area contributed by atoms with E-state index in [9.17, 15) is 9.90 Å². The average Bonchev–Trinajstić information content (AvgIpc) is 3.38. The van der Waals surface area contributed by atoms with Crippen molar-refractivity contribution in [2.45, 2.75) is 12.0 Å². The van der Waals surface area contributed by atoms with E-state index in [1.165, 1.54) is 7.11 Å². The van der Waals surface area contributed by atoms with Crippen LogP contribution < -0.4 is 23.7 Å². The normalized spacial score (nSPS) is 25.9. The minimum Gasteiger partial charge on any atom is -0.493 e. The zero-order valence-electron chi connectivity index (χ0n) is 16.8. The van der Waals surface area contributed by atoms with E-state index in [4.69, 9.17) is 28.4 Å². The third-order valence-electron chi connectivity index (χ3n) is 6.19. The summed E-state index contributed by atoms with van der Waals surface area (Å²) in [5.74, 6) is 0.989. The third kappa shape index (κ3) is 2.60. The number of aliphatic hydroxyl groups excluding tert-OH is 1. The Morgan fingerprint density at radius 1 is 0.900 bits per heavy atom. The molecule has 0 spiro atoms. The molecule has 158 valence electrons. The standard InChI is InChI=1S/C22H22O8/c1-25-16-4-10(5-17(26-2)21(16)27-3)18-11-6-14-15(30-9-29-14)7-12(11)20(23)13-8-28-22(24)19(13)18/h4-7,13,18-20,23H,8-9H2,1-3H3/t13-,18+,19?,20-/m0/s1. The van der Waals surface area contributed by atoms with Crippen molar-refractivity contribution in [3.8, 4) is 28.7 Å². The summed E-state index contributed by atoms with van der Waals surface area (Å²) in [6.45, 7) is 0.289. The number of hydrogen-bond acceptors (Lipinski definition) is 8. The number of benzene rings is 2. The smallest absolute Gasteiger partial charge is 0.310 e. The zero-order chi connectivity index (χ0) is 21.0. The van der Waals surface area contributed by atoms with Crippen LogP contribution in [0.4, 0.5) is 0 Å². The Morgan fingerprint density at radius 2 is 1.53 bits per heavy atom. The van der Waals surface area contributed by atoms with Gasteiger partial charge in [0, 0.05) is 11.8 Å². The predicted molar refractivity (Wildman–Crippen MR) is 103 cm³/mol. The van der Waals surface area contributed by atoms with Crippen LogP contribution in [0, 0.1) is 11.8 Å². The lowest BCUT2D eigenvalue weighted by atomic mass is 9.66. The van der Waals surface area contributed by atoms with Crippen molar-refractivity contribution < 1.29 is 38.3 Å². The summed E-state index contributed by atoms with van der Waals surface area (Å²) in [5, 5.41) is 11.0. The quantitative estimate of drug-likeness (QED) is 0.763. The first-order valence-corrected chi connectivity index (χ1v) is 9.65. The molecule has 1 unspecified atom stereocenters. The summed E-state index contributed by atoms with van der Waals surface area (Å²) in [6, 6.07) is 7.31. The Bertz CT molecular complexity index is 991. The van der Waals surface area contributed by atoms with Crippen molar-refractivity contribution in [1.82, 2.24) is 0 Å². The summed E-state index contributed by atoms with van der Waals surface area (Å²) in [4.78, 5) is 12.7. The fourth-order valence-corrected chi connectivity index (χ4v) is 4.81. The molecule has 2 aliphatic heterocycles. The van der Waals surface area contributed by atoms with Crippen LogP contribution in [0.25, 0.3) is 0 Å². The maximum Gasteiger partial charge on any atom is 0.310 e. The minimum atomic E-state index is -0.843. The first-order chi connectivity index (χ1) is 14.6. The molecular weight excluding hydrogens is 392 g/mol. The number of hydrogen-bond donors (Lipinski definition) is 1. The van der Waals surface area contributed by atoms with Crippen molar-refractivity contribution in [2.24, 2.45) is 11.8 Å². The topological polar surface area (TPSA) is 92.7 Å². The number of fused-ring (bicyclic) bond motifs is 3. The number of methoxy groups -OCH3 is 3. The molecule has 3 aliphatic rings. The number of esters is 1. The second-order valence-corrected chi connectivity index (χ2v) is 7.54. The van der Waals surface area contributed by atoms with Crippen LogP contribution >= 0.6 is 0 Å². The van der Waals surface area contributed by atoms with E-state index in [1.807, 2.05) is 18.2 Å². The van der Waals surface area contributed by atoms with Crippen LogP contribution in [0.5, 0.6) is 28.7 Å². The number of ether oxygens (including phenoxy) is 6. The van der Waals surface area contributed by atoms with E-state index in [0.29, 0.717) is 34.3 Å². The fourth-order valence-electron chi connectivity index (χ4n) is 4.81. The maximum absolute atomic E-state index is 12.7. The van der Waals surface area contributed by atoms with Gasteiger partial charge in [-0.15, -0.1) is 0 Å². The molecule has 5 rings (SSSR count). The molecule has 0 aromatic heterocycles. The molecule has 1 N–H and O–H groups in total. The highest BCUT2D eigenvalue weighted by Crippen LogP contribution is 2.55. The van der Waals surface area contributed by atoms with Gasteiger partial charge in [0.2, 0.25) is 12.5 Å². The van der Waals surface area contributed by atoms with Gasteiger partial charge in [-0.3, -0.25) is 4.79 Å². The Morgan fingerprint density at radius 3 is 2.13 bits per heavy atom. The Hall–Kier alpha value is -3.13. The van der Waals surface area contributed by atoms with E-state index in [-0.39, 0.29) is 31.2 Å². The second kappa shape index (κ2) is 6.98. The fraction of sp³-hybridized carbons (Fsp3) is 0.409. The SMILES string of the molecule is COc1cc([C@@H]2c3cc4c(cc3[C@H](O)[C@H]3COC(=O)C23)OCO4)cc(OC)c1OC. The first kappa shape index (κ1) is 18.9. The van der Waals surface area contributed by atoms with Crippen LogP contribution in [-0.2, 0) is 9.53 Å². The second-order valence-electron chi connectivity index (χ2n) is 7.54. The van der Waals surface area contributed by atoms with Crippen molar-refractivity contribution >= 4 is 5.97 Å². The molecule has 0 bridgehead atoms. The predicted octanol–water partition coefficient (Wildman–Crippen LogP) is 2.41. The molecule has 1 aliphatic carbocycles. The van der Waals surface area contributed by atoms with Crippen molar-refractivity contribution in [2.75, 3.05) is 34.7 Å². The Kier molecular flexibility index (Phi) is 4.39. The van der Waals surface area contributed by atoms with Gasteiger partial charge in [0.1, 0.15) is 0 Å². The van der Waals surface area contributed by atoms with Gasteiger partial charge < -0.3 is 33.5 Å². The van der Waals surface area contributed by atoms with Crippen molar-refractivity contribution in [3.05, 3.63) is 41.0 Å². The lowest BCUT2D eigenvalue weighted by Gasteiger charge is -2.37. The van der Waals surface area contributed by atoms with Gasteiger partial charge in [0.05, 0.1) is 40.0 Å². The molecule has 8 nitrogen and oxygen atoms in total. The molecular formula is C22H22O8. The minimum absolute atomic E-state index is 0.123. The molecule has 0 radical (unpaired) electrons. The van der Waals surface area contributed by atoms with Gasteiger partial charge in [-0.25, -0.2) is 0 Å². The van der Waals surface area contributed by atoms with Gasteiger partial charge in [0.15, 0.2) is 23.0 Å². The van der Waals surface area contributed by atoms with Gasteiger partial charge in [-0.2, -0.15) is 0 Å². The van der Waals surface area contributed by atoms with Crippen LogP contribution in [0.15, 0.2) is 24.3 Å². The molecule has 8 heteroatoms. The number of aliphatic hydroxyl groups is 1. The lowest BCUT2D eigenvalue weighted by molar-refractivity contribution is -0.141. The molecule has 30 heavy (non-hydrogen) atoms. The number of carbonyl (C=O) groups excluding carboxylic acids is 1. The third-order valence-corrected chi connectivity index (χ3v) is 6.19. The molecule has 1 saturated heterocycles. The van der Waals surface area contributed by atoms with E-state index in [2.05, 4.69) is 0 Å². The molecule has 0 saturated carbocycles. The van der Waals surface area contributed by atoms with Crippen molar-refractivity contribution in [3.63, 3.8) is 0 Å². The number of rotatable bonds is 4. The van der Waals surface area contributed by atoms with E-state index in [1.54, 1.807) is 20.3 Å². The maximum atomic E-state index is 12.7. The summed E-state index contributed by atoms with van der Waals surface area (Å²) >= 11 is 0. The van der Waals surface area contributed by atoms with Gasteiger partial charge in [-0.1, -0.05) is 0 Å². The molecule has 4 atom stereocenters. The zero-order valence-corrected chi connectivity index (χ0v) is 16.8. The summed E-state index contributed by atoms with van der Waals surface area (Å²) in [6.07, 6.45) is -0.843. The molecule has 2 heterocycles. The van der Waals surface area contributed by atoms with E-state index in [0.717, 1.165) is 11.1 Å². The van der Waals surface area contributed by atoms with Crippen LogP contribution in [0.1, 0.15) is 28.7 Å². The Labute approximate surface area is 173 Å². The highest BCUT2D eigenvalue weighted by atomic mass is 16.7. The molecule has 2 aromatic rings. The highest BCUT2D eigenvalue weighted by Gasteiger charge is 2.52. The summed E-state index contributed by atoms with van der Waals surface area (Å²) < 4.78 is 32.9. The largest absolute Gasteiger partial charge is 0.493 e. The first-order valence-electron chi connectivity index (χ1n) is 9.65. The molecule has 0 amide bonds. The van der Waals surface area contributed by atoms with Crippen LogP contribution in [0.2, 0.25) is 0 Å². The monoisotopic (exact) mass is 414 g/mol. The van der Waals surface area contributed by atoms with Gasteiger partial charge in [0.25, 0.3) is 0 Å². The van der Waals surface area contributed by atoms with Crippen molar-refractivity contribution in [1.29, 1.82) is 0 Å². The van der Waals surface area contributed by atoms with E-state index < -0.39 is 12.0 Å². The van der Waals surface area contributed by atoms with Crippen LogP contribution in [0.3, 0.4) is 0 Å². The van der Waals surface area contributed by atoms with E-state index >= 15 is 0 Å². The van der Waals surface area contributed by atoms with Crippen LogP contribution in [-0.4, -0.2) is 45.8 Å². The summed E-state index contributed by atoms with van der Waals surface area (Å²) in [7, 11) is 4.63. The van der Waals surface area contributed by atoms with Gasteiger partial charge in [-0.05, 0) is 41.0 Å².